The Labute approximate surface area is 77.8 Å². The summed E-state index contributed by atoms with van der Waals surface area (Å²) in [6.45, 7) is 7.84. The zero-order valence-electron chi connectivity index (χ0n) is 7.66. The molecule has 68 valence electrons. The first kappa shape index (κ1) is 9.45. The van der Waals surface area contributed by atoms with Crippen molar-refractivity contribution in [1.82, 2.24) is 4.90 Å². The highest BCUT2D eigenvalue weighted by atomic mass is 16.1. The Morgan fingerprint density at radius 2 is 2.15 bits per heavy atom. The summed E-state index contributed by atoms with van der Waals surface area (Å²) in [5.41, 5.74) is 2.12. The number of carbonyl (C=O) groups excluding carboxylic acids is 1. The predicted molar refractivity (Wildman–Crippen MR) is 53.5 cm³/mol. The van der Waals surface area contributed by atoms with Crippen LogP contribution in [0.15, 0.2) is 41.7 Å². The smallest absolute Gasteiger partial charge is 0.166 e. The molecular weight excluding hydrogens is 164 g/mol. The van der Waals surface area contributed by atoms with Crippen LogP contribution in [0.3, 0.4) is 0 Å². The summed E-state index contributed by atoms with van der Waals surface area (Å²) < 4.78 is 0. The summed E-state index contributed by atoms with van der Waals surface area (Å²) in [6, 6.07) is 0. The molecule has 0 aromatic heterocycles. The van der Waals surface area contributed by atoms with E-state index < -0.39 is 0 Å². The molecule has 0 saturated heterocycles. The molecule has 1 heterocycles. The normalized spacial score (nSPS) is 16.7. The molecule has 0 bridgehead atoms. The van der Waals surface area contributed by atoms with Gasteiger partial charge in [0.25, 0.3) is 0 Å². The molecular formula is C10H12N2O. The lowest BCUT2D eigenvalue weighted by molar-refractivity contribution is -0.102. The standard InChI is InChI=1S/C10H12N2O/c1-4-9-10(5-2)12(3)6-8(7-13)11-9/h4-5,7H,1-2,6H2,3H3. The lowest BCUT2D eigenvalue weighted by Crippen LogP contribution is -2.29. The van der Waals surface area contributed by atoms with E-state index in [4.69, 9.17) is 0 Å². The molecule has 13 heavy (non-hydrogen) atoms. The van der Waals surface area contributed by atoms with Crippen LogP contribution in [0.25, 0.3) is 0 Å². The van der Waals surface area contributed by atoms with E-state index in [1.165, 1.54) is 0 Å². The Balaban J connectivity index is 3.16. The highest BCUT2D eigenvalue weighted by Gasteiger charge is 2.14. The van der Waals surface area contributed by atoms with Gasteiger partial charge in [0.1, 0.15) is 5.71 Å². The van der Waals surface area contributed by atoms with E-state index in [2.05, 4.69) is 18.2 Å². The van der Waals surface area contributed by atoms with Gasteiger partial charge in [-0.2, -0.15) is 0 Å². The second-order valence-corrected chi connectivity index (χ2v) is 2.76. The Morgan fingerprint density at radius 3 is 2.62 bits per heavy atom. The molecule has 0 atom stereocenters. The summed E-state index contributed by atoms with van der Waals surface area (Å²) in [6.07, 6.45) is 4.10. The molecule has 1 aliphatic heterocycles. The number of hydrogen-bond donors (Lipinski definition) is 0. The van der Waals surface area contributed by atoms with Crippen molar-refractivity contribution in [1.29, 1.82) is 0 Å². The van der Waals surface area contributed by atoms with Crippen LogP contribution < -0.4 is 0 Å². The van der Waals surface area contributed by atoms with Crippen LogP contribution in [0.1, 0.15) is 0 Å². The zero-order chi connectivity index (χ0) is 9.84. The fourth-order valence-electron chi connectivity index (χ4n) is 1.25. The highest BCUT2D eigenvalue weighted by molar-refractivity contribution is 6.29. The molecule has 0 saturated carbocycles. The van der Waals surface area contributed by atoms with Crippen molar-refractivity contribution in [2.75, 3.05) is 13.6 Å². The van der Waals surface area contributed by atoms with E-state index in [1.54, 1.807) is 12.2 Å². The number of likely N-dealkylation sites (N-methyl/N-ethyl adjacent to an activating group) is 1. The van der Waals surface area contributed by atoms with Crippen molar-refractivity contribution in [2.45, 2.75) is 0 Å². The van der Waals surface area contributed by atoms with Crippen LogP contribution in [0, 0.1) is 0 Å². The topological polar surface area (TPSA) is 32.7 Å². The molecule has 0 N–H and O–H groups in total. The second kappa shape index (κ2) is 3.85. The maximum absolute atomic E-state index is 10.5. The van der Waals surface area contributed by atoms with E-state index >= 15 is 0 Å². The SMILES string of the molecule is C=CC1=C(C=C)N(C)CC(C=O)=N1. The summed E-state index contributed by atoms with van der Waals surface area (Å²) in [4.78, 5) is 16.6. The first-order valence-electron chi connectivity index (χ1n) is 3.96. The van der Waals surface area contributed by atoms with E-state index in [9.17, 15) is 4.79 Å². The third-order valence-electron chi connectivity index (χ3n) is 1.86. The van der Waals surface area contributed by atoms with Crippen molar-refractivity contribution in [3.05, 3.63) is 36.7 Å². The zero-order valence-corrected chi connectivity index (χ0v) is 7.66. The minimum atomic E-state index is 0.517. The summed E-state index contributed by atoms with van der Waals surface area (Å²) in [5.74, 6) is 0. The minimum absolute atomic E-state index is 0.517. The Kier molecular flexibility index (Phi) is 2.80. The van der Waals surface area contributed by atoms with Gasteiger partial charge in [0.15, 0.2) is 6.29 Å². The third kappa shape index (κ3) is 1.75. The number of carbonyl (C=O) groups is 1. The van der Waals surface area contributed by atoms with Gasteiger partial charge in [-0.15, -0.1) is 0 Å². The maximum Gasteiger partial charge on any atom is 0.166 e. The van der Waals surface area contributed by atoms with Crippen LogP contribution in [-0.4, -0.2) is 30.5 Å². The van der Waals surface area contributed by atoms with Crippen molar-refractivity contribution in [3.8, 4) is 0 Å². The lowest BCUT2D eigenvalue weighted by atomic mass is 10.2. The van der Waals surface area contributed by atoms with Gasteiger partial charge in [-0.3, -0.25) is 4.79 Å². The fraction of sp³-hybridized carbons (Fsp3) is 0.200. The molecule has 0 aromatic rings. The van der Waals surface area contributed by atoms with Gasteiger partial charge in [0.2, 0.25) is 0 Å². The Hall–Kier alpha value is -1.64. The quantitative estimate of drug-likeness (QED) is 0.604. The minimum Gasteiger partial charge on any atom is -0.367 e. The van der Waals surface area contributed by atoms with Crippen molar-refractivity contribution in [2.24, 2.45) is 4.99 Å². The van der Waals surface area contributed by atoms with Crippen molar-refractivity contribution < 1.29 is 4.79 Å². The van der Waals surface area contributed by atoms with Gasteiger partial charge in [-0.05, 0) is 12.2 Å². The number of nitrogens with zero attached hydrogens (tertiary/aromatic N) is 2. The molecule has 0 radical (unpaired) electrons. The van der Waals surface area contributed by atoms with Gasteiger partial charge in [-0.25, -0.2) is 4.99 Å². The van der Waals surface area contributed by atoms with Crippen LogP contribution in [0.5, 0.6) is 0 Å². The van der Waals surface area contributed by atoms with Gasteiger partial charge in [-0.1, -0.05) is 13.2 Å². The molecule has 0 amide bonds. The highest BCUT2D eigenvalue weighted by Crippen LogP contribution is 2.16. The van der Waals surface area contributed by atoms with E-state index in [1.807, 2.05) is 11.9 Å². The molecule has 3 heteroatoms. The largest absolute Gasteiger partial charge is 0.367 e. The average molecular weight is 176 g/mol. The van der Waals surface area contributed by atoms with Crippen molar-refractivity contribution >= 4 is 12.0 Å². The maximum atomic E-state index is 10.5. The third-order valence-corrected chi connectivity index (χ3v) is 1.86. The number of allylic oxidation sites excluding steroid dienone is 2. The first-order chi connectivity index (χ1) is 6.22. The monoisotopic (exact) mass is 176 g/mol. The molecule has 0 spiro atoms. The fourth-order valence-corrected chi connectivity index (χ4v) is 1.25. The van der Waals surface area contributed by atoms with Gasteiger partial charge < -0.3 is 4.90 Å². The first-order valence-corrected chi connectivity index (χ1v) is 3.96. The molecule has 1 aliphatic rings. The summed E-state index contributed by atoms with van der Waals surface area (Å²) >= 11 is 0. The summed E-state index contributed by atoms with van der Waals surface area (Å²) in [5, 5.41) is 0. The van der Waals surface area contributed by atoms with E-state index in [-0.39, 0.29) is 0 Å². The molecule has 0 fully saturated rings. The second-order valence-electron chi connectivity index (χ2n) is 2.76. The molecule has 0 aliphatic carbocycles. The van der Waals surface area contributed by atoms with Crippen LogP contribution in [0.2, 0.25) is 0 Å². The number of rotatable bonds is 3. The summed E-state index contributed by atoms with van der Waals surface area (Å²) in [7, 11) is 1.89. The van der Waals surface area contributed by atoms with Gasteiger partial charge in [0.05, 0.1) is 17.9 Å². The van der Waals surface area contributed by atoms with Gasteiger partial charge in [0, 0.05) is 7.05 Å². The van der Waals surface area contributed by atoms with Crippen LogP contribution in [0.4, 0.5) is 0 Å². The van der Waals surface area contributed by atoms with Crippen LogP contribution in [-0.2, 0) is 4.79 Å². The van der Waals surface area contributed by atoms with E-state index in [0.29, 0.717) is 18.0 Å². The van der Waals surface area contributed by atoms with Crippen molar-refractivity contribution in [3.63, 3.8) is 0 Å². The Bertz CT molecular complexity index is 313. The number of aldehydes is 1. The Morgan fingerprint density at radius 1 is 1.46 bits per heavy atom. The van der Waals surface area contributed by atoms with Gasteiger partial charge >= 0.3 is 0 Å². The number of hydrogen-bond acceptors (Lipinski definition) is 3. The lowest BCUT2D eigenvalue weighted by Gasteiger charge is -2.24. The molecule has 0 aromatic carbocycles. The van der Waals surface area contributed by atoms with E-state index in [0.717, 1.165) is 12.0 Å². The average Bonchev–Trinajstić information content (AvgIpc) is 2.16. The predicted octanol–water partition coefficient (Wildman–Crippen LogP) is 1.16. The molecule has 3 nitrogen and oxygen atoms in total. The van der Waals surface area contributed by atoms with Crippen LogP contribution >= 0.6 is 0 Å². The molecule has 0 unspecified atom stereocenters. The number of aliphatic imine (C=N–C) groups is 1. The molecule has 1 rings (SSSR count).